The van der Waals surface area contributed by atoms with Gasteiger partial charge in [0.05, 0.1) is 11.8 Å². The first-order valence-corrected chi connectivity index (χ1v) is 5.51. The Balaban J connectivity index is 2.26. The molecule has 0 saturated carbocycles. The number of rotatable bonds is 2. The third-order valence-corrected chi connectivity index (χ3v) is 2.70. The Morgan fingerprint density at radius 3 is 3.00 bits per heavy atom. The predicted octanol–water partition coefficient (Wildman–Crippen LogP) is 1.05. The molecule has 0 aliphatic rings. The zero-order chi connectivity index (χ0) is 12.7. The van der Waals surface area contributed by atoms with Gasteiger partial charge in [0.2, 0.25) is 5.95 Å². The second-order valence-electron chi connectivity index (χ2n) is 3.85. The highest BCUT2D eigenvalue weighted by Crippen LogP contribution is 2.23. The Morgan fingerprint density at radius 2 is 2.22 bits per heavy atom. The van der Waals surface area contributed by atoms with Crippen LogP contribution < -0.4 is 11.3 Å². The van der Waals surface area contributed by atoms with E-state index in [0.29, 0.717) is 17.0 Å². The van der Waals surface area contributed by atoms with E-state index < -0.39 is 0 Å². The zero-order valence-electron chi connectivity index (χ0n) is 9.65. The van der Waals surface area contributed by atoms with E-state index in [4.69, 9.17) is 10.2 Å². The maximum Gasteiger partial charge on any atom is 0.278 e. The number of furan rings is 1. The molecule has 0 spiro atoms. The molecular formula is C11H11N5O2. The summed E-state index contributed by atoms with van der Waals surface area (Å²) in [5.41, 5.74) is 6.57. The van der Waals surface area contributed by atoms with Gasteiger partial charge in [0.1, 0.15) is 11.6 Å². The molecule has 18 heavy (non-hydrogen) atoms. The number of anilines is 1. The lowest BCUT2D eigenvalue weighted by molar-refractivity contribution is 0.517. The number of H-pyrrole nitrogens is 2. The summed E-state index contributed by atoms with van der Waals surface area (Å²) < 4.78 is 5.33. The molecule has 0 bridgehead atoms. The van der Waals surface area contributed by atoms with Gasteiger partial charge in [0.15, 0.2) is 11.2 Å². The van der Waals surface area contributed by atoms with E-state index in [9.17, 15) is 4.79 Å². The number of nitrogens with one attached hydrogen (secondary N) is 2. The summed E-state index contributed by atoms with van der Waals surface area (Å²) >= 11 is 0. The van der Waals surface area contributed by atoms with Crippen LogP contribution in [0.1, 0.15) is 12.7 Å². The molecule has 7 nitrogen and oxygen atoms in total. The number of aromatic amines is 2. The second kappa shape index (κ2) is 3.73. The van der Waals surface area contributed by atoms with Gasteiger partial charge in [-0.25, -0.2) is 4.98 Å². The van der Waals surface area contributed by atoms with Crippen molar-refractivity contribution < 1.29 is 4.42 Å². The van der Waals surface area contributed by atoms with Crippen LogP contribution in [-0.4, -0.2) is 19.9 Å². The average Bonchev–Trinajstić information content (AvgIpc) is 2.92. The third kappa shape index (κ3) is 1.48. The topological polar surface area (TPSA) is 114 Å². The third-order valence-electron chi connectivity index (χ3n) is 2.70. The molecule has 0 fully saturated rings. The molecule has 3 rings (SSSR count). The van der Waals surface area contributed by atoms with E-state index >= 15 is 0 Å². The Kier molecular flexibility index (Phi) is 2.19. The minimum absolute atomic E-state index is 0.0495. The first-order chi connectivity index (χ1) is 8.69. The van der Waals surface area contributed by atoms with Gasteiger partial charge in [0.25, 0.3) is 5.56 Å². The summed E-state index contributed by atoms with van der Waals surface area (Å²) in [5, 5.41) is 0. The van der Waals surface area contributed by atoms with Crippen molar-refractivity contribution in [2.75, 3.05) is 5.73 Å². The highest BCUT2D eigenvalue weighted by molar-refractivity contribution is 5.76. The van der Waals surface area contributed by atoms with Crippen molar-refractivity contribution in [3.8, 4) is 11.4 Å². The smallest absolute Gasteiger partial charge is 0.278 e. The van der Waals surface area contributed by atoms with Crippen LogP contribution in [0.25, 0.3) is 22.6 Å². The van der Waals surface area contributed by atoms with E-state index in [2.05, 4.69) is 19.9 Å². The Hall–Kier alpha value is -2.57. The first kappa shape index (κ1) is 10.6. The quantitative estimate of drug-likeness (QED) is 0.624. The predicted molar refractivity (Wildman–Crippen MR) is 66.0 cm³/mol. The maximum absolute atomic E-state index is 11.7. The van der Waals surface area contributed by atoms with Gasteiger partial charge in [-0.1, -0.05) is 6.92 Å². The normalized spacial score (nSPS) is 11.2. The van der Waals surface area contributed by atoms with Gasteiger partial charge in [-0.15, -0.1) is 0 Å². The van der Waals surface area contributed by atoms with Crippen molar-refractivity contribution >= 4 is 17.1 Å². The fourth-order valence-electron chi connectivity index (χ4n) is 1.88. The van der Waals surface area contributed by atoms with Crippen molar-refractivity contribution in [3.05, 3.63) is 28.4 Å². The van der Waals surface area contributed by atoms with Crippen LogP contribution in [0.2, 0.25) is 0 Å². The number of nitrogen functional groups attached to an aromatic ring is 1. The van der Waals surface area contributed by atoms with Gasteiger partial charge in [-0.2, -0.15) is 4.98 Å². The lowest BCUT2D eigenvalue weighted by atomic mass is 10.2. The zero-order valence-corrected chi connectivity index (χ0v) is 9.65. The standard InChI is InChI=1S/C11H11N5O2/c1-2-6-5(3-4-18-6)8-13-7-9(14-8)15-11(12)16-10(7)17/h3-4H,2H2,1H3,(H4,12,13,14,15,16,17). The summed E-state index contributed by atoms with van der Waals surface area (Å²) in [6, 6.07) is 1.80. The van der Waals surface area contributed by atoms with Crippen molar-refractivity contribution in [1.29, 1.82) is 0 Å². The highest BCUT2D eigenvalue weighted by atomic mass is 16.3. The summed E-state index contributed by atoms with van der Waals surface area (Å²) in [4.78, 5) is 25.2. The molecular weight excluding hydrogens is 234 g/mol. The van der Waals surface area contributed by atoms with E-state index in [1.54, 1.807) is 12.3 Å². The molecule has 0 atom stereocenters. The summed E-state index contributed by atoms with van der Waals surface area (Å²) in [7, 11) is 0. The molecule has 0 radical (unpaired) electrons. The average molecular weight is 245 g/mol. The van der Waals surface area contributed by atoms with Crippen LogP contribution in [0.3, 0.4) is 0 Å². The minimum Gasteiger partial charge on any atom is -0.469 e. The van der Waals surface area contributed by atoms with Gasteiger partial charge in [-0.05, 0) is 6.07 Å². The molecule has 0 unspecified atom stereocenters. The summed E-state index contributed by atoms with van der Waals surface area (Å²) in [6.45, 7) is 1.98. The van der Waals surface area contributed by atoms with Crippen LogP contribution in [0.4, 0.5) is 5.95 Å². The molecule has 0 saturated heterocycles. The van der Waals surface area contributed by atoms with Crippen molar-refractivity contribution in [1.82, 2.24) is 19.9 Å². The number of nitrogens with two attached hydrogens (primary N) is 1. The highest BCUT2D eigenvalue weighted by Gasteiger charge is 2.14. The Bertz CT molecular complexity index is 767. The lowest BCUT2D eigenvalue weighted by Gasteiger charge is -1.94. The first-order valence-electron chi connectivity index (χ1n) is 5.51. The van der Waals surface area contributed by atoms with Gasteiger partial charge >= 0.3 is 0 Å². The molecule has 0 amide bonds. The lowest BCUT2D eigenvalue weighted by Crippen LogP contribution is -2.10. The second-order valence-corrected chi connectivity index (χ2v) is 3.85. The number of hydrogen-bond donors (Lipinski definition) is 3. The van der Waals surface area contributed by atoms with Gasteiger partial charge in [-0.3, -0.25) is 9.78 Å². The van der Waals surface area contributed by atoms with Gasteiger partial charge < -0.3 is 15.1 Å². The van der Waals surface area contributed by atoms with E-state index in [0.717, 1.165) is 17.7 Å². The van der Waals surface area contributed by atoms with Crippen LogP contribution >= 0.6 is 0 Å². The van der Waals surface area contributed by atoms with Gasteiger partial charge in [0, 0.05) is 6.42 Å². The molecule has 3 aromatic rings. The molecule has 0 aliphatic heterocycles. The minimum atomic E-state index is -0.335. The van der Waals surface area contributed by atoms with E-state index in [1.165, 1.54) is 0 Å². The number of imidazole rings is 1. The largest absolute Gasteiger partial charge is 0.469 e. The van der Waals surface area contributed by atoms with Crippen LogP contribution in [0.5, 0.6) is 0 Å². The fourth-order valence-corrected chi connectivity index (χ4v) is 1.88. The van der Waals surface area contributed by atoms with Crippen molar-refractivity contribution in [2.45, 2.75) is 13.3 Å². The molecule has 0 aromatic carbocycles. The van der Waals surface area contributed by atoms with E-state index in [1.807, 2.05) is 6.92 Å². The summed E-state index contributed by atoms with van der Waals surface area (Å²) in [6.07, 6.45) is 2.33. The Labute approximate surface area is 101 Å². The SMILES string of the molecule is CCc1occc1-c1nc2nc(N)[nH]c(=O)c2[nH]1. The molecule has 3 heterocycles. The fraction of sp³-hybridized carbons (Fsp3) is 0.182. The van der Waals surface area contributed by atoms with Crippen LogP contribution in [0.15, 0.2) is 21.5 Å². The number of hydrogen-bond acceptors (Lipinski definition) is 5. The van der Waals surface area contributed by atoms with Crippen molar-refractivity contribution in [2.24, 2.45) is 0 Å². The maximum atomic E-state index is 11.7. The van der Waals surface area contributed by atoms with E-state index in [-0.39, 0.29) is 11.5 Å². The molecule has 7 heteroatoms. The molecule has 4 N–H and O–H groups in total. The monoisotopic (exact) mass is 245 g/mol. The molecule has 92 valence electrons. The number of aryl methyl sites for hydroxylation is 1. The number of nitrogens with zero attached hydrogens (tertiary/aromatic N) is 2. The summed E-state index contributed by atoms with van der Waals surface area (Å²) in [5.74, 6) is 1.41. The van der Waals surface area contributed by atoms with Crippen molar-refractivity contribution in [3.63, 3.8) is 0 Å². The van der Waals surface area contributed by atoms with Crippen LogP contribution in [-0.2, 0) is 6.42 Å². The molecule has 3 aromatic heterocycles. The number of aromatic nitrogens is 4. The van der Waals surface area contributed by atoms with Crippen LogP contribution in [0, 0.1) is 0 Å². The number of fused-ring (bicyclic) bond motifs is 1. The Morgan fingerprint density at radius 1 is 1.39 bits per heavy atom. The molecule has 0 aliphatic carbocycles.